The fourth-order valence-corrected chi connectivity index (χ4v) is 2.20. The molecule has 6 heteroatoms. The number of halogens is 2. The van der Waals surface area contributed by atoms with Gasteiger partial charge in [-0.05, 0) is 30.3 Å². The van der Waals surface area contributed by atoms with Crippen LogP contribution in [0, 0.1) is 11.6 Å². The van der Waals surface area contributed by atoms with Crippen molar-refractivity contribution in [1.29, 1.82) is 0 Å². The van der Waals surface area contributed by atoms with Crippen molar-refractivity contribution < 1.29 is 18.0 Å². The molecule has 0 unspecified atom stereocenters. The first-order valence-electron chi connectivity index (χ1n) is 6.87. The van der Waals surface area contributed by atoms with Gasteiger partial charge in [-0.15, -0.1) is 0 Å². The van der Waals surface area contributed by atoms with Gasteiger partial charge in [0.1, 0.15) is 22.9 Å². The summed E-state index contributed by atoms with van der Waals surface area (Å²) >= 11 is 0. The summed E-state index contributed by atoms with van der Waals surface area (Å²) in [6, 6.07) is 10.2. The Kier molecular flexibility index (Phi) is 4.14. The second-order valence-corrected chi connectivity index (χ2v) is 4.77. The summed E-state index contributed by atoms with van der Waals surface area (Å²) in [4.78, 5) is 16.2. The van der Waals surface area contributed by atoms with Crippen molar-refractivity contribution in [3.05, 3.63) is 77.7 Å². The average molecular weight is 314 g/mol. The fraction of sp³-hybridized carbons (Fsp3) is 0.0588. The van der Waals surface area contributed by atoms with E-state index in [1.54, 1.807) is 30.5 Å². The van der Waals surface area contributed by atoms with E-state index in [0.29, 0.717) is 17.0 Å². The van der Waals surface area contributed by atoms with Crippen LogP contribution in [-0.2, 0) is 6.54 Å². The van der Waals surface area contributed by atoms with Crippen LogP contribution in [0.2, 0.25) is 0 Å². The van der Waals surface area contributed by atoms with Crippen molar-refractivity contribution in [3.63, 3.8) is 0 Å². The Balaban J connectivity index is 1.81. The molecular formula is C17H12F2N2O2. The molecule has 4 nitrogen and oxygen atoms in total. The molecule has 23 heavy (non-hydrogen) atoms. The van der Waals surface area contributed by atoms with E-state index in [4.69, 9.17) is 4.42 Å². The number of nitrogens with one attached hydrogen (secondary N) is 1. The molecule has 3 rings (SSSR count). The lowest BCUT2D eigenvalue weighted by atomic mass is 10.1. The summed E-state index contributed by atoms with van der Waals surface area (Å²) < 4.78 is 32.5. The molecule has 0 aliphatic rings. The first-order valence-corrected chi connectivity index (χ1v) is 6.87. The van der Waals surface area contributed by atoms with Crippen LogP contribution in [0.3, 0.4) is 0 Å². The summed E-state index contributed by atoms with van der Waals surface area (Å²) in [7, 11) is 0. The van der Waals surface area contributed by atoms with Crippen molar-refractivity contribution >= 4 is 5.91 Å². The minimum atomic E-state index is -0.903. The minimum Gasteiger partial charge on any atom is -0.463 e. The highest BCUT2D eigenvalue weighted by atomic mass is 19.1. The maximum Gasteiger partial charge on any atom is 0.257 e. The Morgan fingerprint density at radius 3 is 2.57 bits per heavy atom. The highest BCUT2D eigenvalue weighted by Gasteiger charge is 2.17. The largest absolute Gasteiger partial charge is 0.463 e. The molecule has 2 heterocycles. The van der Waals surface area contributed by atoms with E-state index in [1.807, 2.05) is 0 Å². The van der Waals surface area contributed by atoms with Gasteiger partial charge in [-0.1, -0.05) is 12.1 Å². The number of aromatic nitrogens is 1. The van der Waals surface area contributed by atoms with E-state index in [9.17, 15) is 13.6 Å². The second kappa shape index (κ2) is 6.39. The van der Waals surface area contributed by atoms with E-state index < -0.39 is 23.1 Å². The molecule has 2 aromatic heterocycles. The number of carbonyl (C=O) groups is 1. The van der Waals surface area contributed by atoms with Crippen LogP contribution in [0.4, 0.5) is 8.78 Å². The van der Waals surface area contributed by atoms with Crippen molar-refractivity contribution in [1.82, 2.24) is 10.3 Å². The molecule has 0 fully saturated rings. The van der Waals surface area contributed by atoms with Gasteiger partial charge in [0.25, 0.3) is 5.91 Å². The van der Waals surface area contributed by atoms with Crippen LogP contribution in [-0.4, -0.2) is 10.9 Å². The molecule has 1 N–H and O–H groups in total. The van der Waals surface area contributed by atoms with Crippen LogP contribution >= 0.6 is 0 Å². The van der Waals surface area contributed by atoms with Crippen molar-refractivity contribution in [2.75, 3.05) is 0 Å². The molecule has 0 saturated heterocycles. The zero-order chi connectivity index (χ0) is 16.2. The van der Waals surface area contributed by atoms with E-state index >= 15 is 0 Å². The predicted octanol–water partition coefficient (Wildman–Crippen LogP) is 3.55. The molecule has 0 bridgehead atoms. The van der Waals surface area contributed by atoms with Crippen LogP contribution < -0.4 is 5.32 Å². The summed E-state index contributed by atoms with van der Waals surface area (Å²) in [6.07, 6.45) is 3.11. The monoisotopic (exact) mass is 314 g/mol. The van der Waals surface area contributed by atoms with E-state index in [-0.39, 0.29) is 6.54 Å². The summed E-state index contributed by atoms with van der Waals surface area (Å²) in [5, 5.41) is 2.50. The Morgan fingerprint density at radius 1 is 1.09 bits per heavy atom. The Hall–Kier alpha value is -3.02. The third-order valence-corrected chi connectivity index (χ3v) is 3.28. The molecule has 0 atom stereocenters. The average Bonchev–Trinajstić information content (AvgIpc) is 3.07. The van der Waals surface area contributed by atoms with Gasteiger partial charge < -0.3 is 9.73 Å². The highest BCUT2D eigenvalue weighted by Crippen LogP contribution is 2.21. The Bertz CT molecular complexity index is 812. The third-order valence-electron chi connectivity index (χ3n) is 3.28. The smallest absolute Gasteiger partial charge is 0.257 e. The first kappa shape index (κ1) is 14.9. The SMILES string of the molecule is O=C(NCc1cccnc1-c1ccco1)c1c(F)cccc1F. The molecular weight excluding hydrogens is 302 g/mol. The maximum atomic E-state index is 13.6. The number of hydrogen-bond donors (Lipinski definition) is 1. The van der Waals surface area contributed by atoms with Gasteiger partial charge in [-0.2, -0.15) is 0 Å². The van der Waals surface area contributed by atoms with Gasteiger partial charge in [0.15, 0.2) is 5.76 Å². The van der Waals surface area contributed by atoms with Crippen LogP contribution in [0.5, 0.6) is 0 Å². The lowest BCUT2D eigenvalue weighted by molar-refractivity contribution is 0.0942. The minimum absolute atomic E-state index is 0.0660. The maximum absolute atomic E-state index is 13.6. The predicted molar refractivity (Wildman–Crippen MR) is 79.5 cm³/mol. The van der Waals surface area contributed by atoms with Crippen LogP contribution in [0.15, 0.2) is 59.3 Å². The van der Waals surface area contributed by atoms with Crippen LogP contribution in [0.25, 0.3) is 11.5 Å². The molecule has 116 valence electrons. The van der Waals surface area contributed by atoms with Crippen molar-refractivity contribution in [3.8, 4) is 11.5 Å². The van der Waals surface area contributed by atoms with Crippen LogP contribution in [0.1, 0.15) is 15.9 Å². The number of hydrogen-bond acceptors (Lipinski definition) is 3. The molecule has 3 aromatic rings. The number of furan rings is 1. The molecule has 0 saturated carbocycles. The number of amides is 1. The molecule has 0 aliphatic carbocycles. The highest BCUT2D eigenvalue weighted by molar-refractivity contribution is 5.94. The summed E-state index contributed by atoms with van der Waals surface area (Å²) in [5.41, 5.74) is 0.635. The summed E-state index contributed by atoms with van der Waals surface area (Å²) in [5.74, 6) is -2.08. The number of rotatable bonds is 4. The van der Waals surface area contributed by atoms with E-state index in [2.05, 4.69) is 10.3 Å². The Labute approximate surface area is 130 Å². The number of benzene rings is 1. The molecule has 0 aliphatic heterocycles. The first-order chi connectivity index (χ1) is 11.2. The van der Waals surface area contributed by atoms with Gasteiger partial charge in [0.05, 0.1) is 6.26 Å². The zero-order valence-corrected chi connectivity index (χ0v) is 11.9. The van der Waals surface area contributed by atoms with Gasteiger partial charge in [-0.3, -0.25) is 9.78 Å². The lowest BCUT2D eigenvalue weighted by Gasteiger charge is -2.09. The number of nitrogens with zero attached hydrogens (tertiary/aromatic N) is 1. The number of carbonyl (C=O) groups excluding carboxylic acids is 1. The fourth-order valence-electron chi connectivity index (χ4n) is 2.20. The zero-order valence-electron chi connectivity index (χ0n) is 11.9. The molecule has 1 aromatic carbocycles. The van der Waals surface area contributed by atoms with Gasteiger partial charge in [0.2, 0.25) is 0 Å². The second-order valence-electron chi connectivity index (χ2n) is 4.77. The molecule has 0 spiro atoms. The Morgan fingerprint density at radius 2 is 1.87 bits per heavy atom. The number of pyridine rings is 1. The van der Waals surface area contributed by atoms with Gasteiger partial charge >= 0.3 is 0 Å². The van der Waals surface area contributed by atoms with Gasteiger partial charge in [0, 0.05) is 18.3 Å². The van der Waals surface area contributed by atoms with Crippen molar-refractivity contribution in [2.45, 2.75) is 6.54 Å². The molecule has 0 radical (unpaired) electrons. The molecule has 1 amide bonds. The van der Waals surface area contributed by atoms with E-state index in [1.165, 1.54) is 12.3 Å². The van der Waals surface area contributed by atoms with Crippen molar-refractivity contribution in [2.24, 2.45) is 0 Å². The summed E-state index contributed by atoms with van der Waals surface area (Å²) in [6.45, 7) is 0.0660. The standard InChI is InChI=1S/C17H12F2N2O2/c18-12-5-1-6-13(19)15(12)17(22)21-10-11-4-2-8-20-16(11)14-7-3-9-23-14/h1-9H,10H2,(H,21,22). The quantitative estimate of drug-likeness (QED) is 0.801. The van der Waals surface area contributed by atoms with E-state index in [0.717, 1.165) is 12.1 Å². The lowest BCUT2D eigenvalue weighted by Crippen LogP contribution is -2.25. The van der Waals surface area contributed by atoms with Gasteiger partial charge in [-0.25, -0.2) is 8.78 Å². The topological polar surface area (TPSA) is 55.1 Å². The third kappa shape index (κ3) is 3.11. The normalized spacial score (nSPS) is 10.5.